The molecule has 0 saturated heterocycles. The Kier molecular flexibility index (Phi) is 6.60. The summed E-state index contributed by atoms with van der Waals surface area (Å²) < 4.78 is 0. The van der Waals surface area contributed by atoms with Crippen LogP contribution in [0.1, 0.15) is 29.7 Å². The van der Waals surface area contributed by atoms with E-state index in [0.717, 1.165) is 22.4 Å². The predicted octanol–water partition coefficient (Wildman–Crippen LogP) is 4.00. The van der Waals surface area contributed by atoms with Crippen molar-refractivity contribution in [1.82, 2.24) is 0 Å². The minimum absolute atomic E-state index is 0. The molecule has 0 aromatic heterocycles. The molecule has 22 heavy (non-hydrogen) atoms. The Hall–Kier alpha value is -1.84. The smallest absolute Gasteiger partial charge is 0.229 e. The van der Waals surface area contributed by atoms with E-state index in [1.807, 2.05) is 63.2 Å². The molecule has 0 aliphatic heterocycles. The molecule has 1 amide bonds. The number of nitrogens with two attached hydrogens (primary N) is 1. The first-order chi connectivity index (χ1) is 9.97. The van der Waals surface area contributed by atoms with Crippen LogP contribution in [0.3, 0.4) is 0 Å². The van der Waals surface area contributed by atoms with Crippen molar-refractivity contribution in [3.05, 3.63) is 65.2 Å². The van der Waals surface area contributed by atoms with Gasteiger partial charge in [0.1, 0.15) is 0 Å². The van der Waals surface area contributed by atoms with Crippen LogP contribution in [0.15, 0.2) is 48.5 Å². The number of amides is 1. The van der Waals surface area contributed by atoms with E-state index in [2.05, 4.69) is 11.4 Å². The van der Waals surface area contributed by atoms with Gasteiger partial charge in [-0.3, -0.25) is 4.79 Å². The molecule has 0 saturated carbocycles. The van der Waals surface area contributed by atoms with Gasteiger partial charge in [-0.15, -0.1) is 12.4 Å². The molecule has 4 heteroatoms. The number of rotatable bonds is 4. The molecule has 2 atom stereocenters. The zero-order chi connectivity index (χ0) is 15.4. The van der Waals surface area contributed by atoms with Crippen LogP contribution in [0.25, 0.3) is 0 Å². The lowest BCUT2D eigenvalue weighted by Crippen LogP contribution is -2.30. The Morgan fingerprint density at radius 1 is 1.05 bits per heavy atom. The van der Waals surface area contributed by atoms with Gasteiger partial charge in [0.15, 0.2) is 0 Å². The largest absolute Gasteiger partial charge is 0.326 e. The first-order valence-electron chi connectivity index (χ1n) is 7.17. The Labute approximate surface area is 138 Å². The summed E-state index contributed by atoms with van der Waals surface area (Å²) in [7, 11) is 0. The van der Waals surface area contributed by atoms with Crippen molar-refractivity contribution in [1.29, 1.82) is 0 Å². The quantitative estimate of drug-likeness (QED) is 0.895. The topological polar surface area (TPSA) is 55.1 Å². The first kappa shape index (κ1) is 18.2. The summed E-state index contributed by atoms with van der Waals surface area (Å²) in [4.78, 5) is 12.4. The molecule has 0 aliphatic carbocycles. The highest BCUT2D eigenvalue weighted by molar-refractivity contribution is 5.93. The molecule has 2 aromatic carbocycles. The van der Waals surface area contributed by atoms with Gasteiger partial charge in [-0.25, -0.2) is 0 Å². The SMILES string of the molecule is Cc1cc(C)cc(NC(=O)C(C)C(N)c2ccccc2)c1.Cl. The highest BCUT2D eigenvalue weighted by Gasteiger charge is 2.22. The third-order valence-corrected chi connectivity index (χ3v) is 3.63. The summed E-state index contributed by atoms with van der Waals surface area (Å²) in [6, 6.07) is 15.4. The lowest BCUT2D eigenvalue weighted by atomic mass is 9.94. The summed E-state index contributed by atoms with van der Waals surface area (Å²) in [6.45, 7) is 5.89. The van der Waals surface area contributed by atoms with E-state index in [9.17, 15) is 4.79 Å². The van der Waals surface area contributed by atoms with Crippen molar-refractivity contribution in [2.45, 2.75) is 26.8 Å². The second kappa shape index (κ2) is 7.97. The number of nitrogens with one attached hydrogen (secondary N) is 1. The zero-order valence-electron chi connectivity index (χ0n) is 13.2. The van der Waals surface area contributed by atoms with Gasteiger partial charge in [-0.2, -0.15) is 0 Å². The summed E-state index contributed by atoms with van der Waals surface area (Å²) in [5.41, 5.74) is 10.2. The Morgan fingerprint density at radius 3 is 2.14 bits per heavy atom. The van der Waals surface area contributed by atoms with Crippen LogP contribution in [-0.2, 0) is 4.79 Å². The molecule has 2 aromatic rings. The second-order valence-electron chi connectivity index (χ2n) is 5.59. The summed E-state index contributed by atoms with van der Waals surface area (Å²) in [5, 5.41) is 2.96. The average molecular weight is 319 g/mol. The molecule has 0 spiro atoms. The van der Waals surface area contributed by atoms with Gasteiger partial charge < -0.3 is 11.1 Å². The van der Waals surface area contributed by atoms with E-state index in [1.54, 1.807) is 0 Å². The number of benzene rings is 2. The number of hydrogen-bond donors (Lipinski definition) is 2. The summed E-state index contributed by atoms with van der Waals surface area (Å²) in [6.07, 6.45) is 0. The van der Waals surface area contributed by atoms with E-state index in [-0.39, 0.29) is 30.3 Å². The third-order valence-electron chi connectivity index (χ3n) is 3.63. The molecule has 0 bridgehead atoms. The normalized spacial score (nSPS) is 12.9. The summed E-state index contributed by atoms with van der Waals surface area (Å²) in [5.74, 6) is -0.357. The molecular weight excluding hydrogens is 296 g/mol. The molecular formula is C18H23ClN2O. The summed E-state index contributed by atoms with van der Waals surface area (Å²) >= 11 is 0. The Balaban J connectivity index is 0.00000242. The molecule has 2 unspecified atom stereocenters. The highest BCUT2D eigenvalue weighted by Crippen LogP contribution is 2.21. The molecule has 0 heterocycles. The molecule has 0 fully saturated rings. The van der Waals surface area contributed by atoms with Crippen LogP contribution in [-0.4, -0.2) is 5.91 Å². The van der Waals surface area contributed by atoms with Gasteiger partial charge in [0, 0.05) is 11.7 Å². The van der Waals surface area contributed by atoms with Gasteiger partial charge in [-0.1, -0.05) is 43.3 Å². The highest BCUT2D eigenvalue weighted by atomic mass is 35.5. The number of halogens is 1. The van der Waals surface area contributed by atoms with Crippen LogP contribution >= 0.6 is 12.4 Å². The van der Waals surface area contributed by atoms with Gasteiger partial charge >= 0.3 is 0 Å². The second-order valence-corrected chi connectivity index (χ2v) is 5.59. The first-order valence-corrected chi connectivity index (χ1v) is 7.17. The molecule has 2 rings (SSSR count). The minimum Gasteiger partial charge on any atom is -0.326 e. The van der Waals surface area contributed by atoms with Crippen LogP contribution in [0.4, 0.5) is 5.69 Å². The Morgan fingerprint density at radius 2 is 1.59 bits per heavy atom. The fourth-order valence-electron chi connectivity index (χ4n) is 2.43. The predicted molar refractivity (Wildman–Crippen MR) is 94.3 cm³/mol. The Bertz CT molecular complexity index is 608. The standard InChI is InChI=1S/C18H22N2O.ClH/c1-12-9-13(2)11-16(10-12)20-18(21)14(3)17(19)15-7-5-4-6-8-15;/h4-11,14,17H,19H2,1-3H3,(H,20,21);1H. The number of hydrogen-bond acceptors (Lipinski definition) is 2. The molecule has 0 aliphatic rings. The molecule has 3 nitrogen and oxygen atoms in total. The minimum atomic E-state index is -0.308. The van der Waals surface area contributed by atoms with Crippen molar-refractivity contribution < 1.29 is 4.79 Å². The maximum absolute atomic E-state index is 12.4. The van der Waals surface area contributed by atoms with Gasteiger partial charge in [-0.05, 0) is 42.7 Å². The molecule has 118 valence electrons. The van der Waals surface area contributed by atoms with E-state index in [1.165, 1.54) is 0 Å². The van der Waals surface area contributed by atoms with Crippen molar-refractivity contribution in [2.24, 2.45) is 11.7 Å². The lowest BCUT2D eigenvalue weighted by Gasteiger charge is -2.20. The van der Waals surface area contributed by atoms with Gasteiger partial charge in [0.2, 0.25) is 5.91 Å². The molecule has 3 N–H and O–H groups in total. The number of carbonyl (C=O) groups excluding carboxylic acids is 1. The van der Waals surface area contributed by atoms with Crippen LogP contribution in [0, 0.1) is 19.8 Å². The fourth-order valence-corrected chi connectivity index (χ4v) is 2.43. The monoisotopic (exact) mass is 318 g/mol. The van der Waals surface area contributed by atoms with E-state index >= 15 is 0 Å². The van der Waals surface area contributed by atoms with Crippen molar-refractivity contribution in [3.8, 4) is 0 Å². The van der Waals surface area contributed by atoms with E-state index in [0.29, 0.717) is 0 Å². The van der Waals surface area contributed by atoms with Crippen molar-refractivity contribution in [3.63, 3.8) is 0 Å². The van der Waals surface area contributed by atoms with Gasteiger partial charge in [0.25, 0.3) is 0 Å². The number of carbonyl (C=O) groups is 1. The number of aryl methyl sites for hydroxylation is 2. The van der Waals surface area contributed by atoms with Gasteiger partial charge in [0.05, 0.1) is 5.92 Å². The zero-order valence-corrected chi connectivity index (χ0v) is 14.0. The lowest BCUT2D eigenvalue weighted by molar-refractivity contribution is -0.120. The molecule has 0 radical (unpaired) electrons. The van der Waals surface area contributed by atoms with Crippen LogP contribution in [0.5, 0.6) is 0 Å². The maximum Gasteiger partial charge on any atom is 0.229 e. The average Bonchev–Trinajstić information content (AvgIpc) is 2.45. The van der Waals surface area contributed by atoms with Crippen LogP contribution < -0.4 is 11.1 Å². The maximum atomic E-state index is 12.4. The number of anilines is 1. The van der Waals surface area contributed by atoms with Crippen molar-refractivity contribution >= 4 is 24.0 Å². The fraction of sp³-hybridized carbons (Fsp3) is 0.278. The van der Waals surface area contributed by atoms with Crippen LogP contribution in [0.2, 0.25) is 0 Å². The third kappa shape index (κ3) is 4.58. The van der Waals surface area contributed by atoms with E-state index < -0.39 is 0 Å². The van der Waals surface area contributed by atoms with Crippen molar-refractivity contribution in [2.75, 3.05) is 5.32 Å². The van der Waals surface area contributed by atoms with E-state index in [4.69, 9.17) is 5.73 Å².